The Kier molecular flexibility index (Phi) is 5.91. The second-order valence-corrected chi connectivity index (χ2v) is 9.40. The van der Waals surface area contributed by atoms with Crippen LogP contribution in [0, 0.1) is 5.82 Å². The summed E-state index contributed by atoms with van der Waals surface area (Å²) in [4.78, 5) is 42.3. The van der Waals surface area contributed by atoms with Gasteiger partial charge in [0.1, 0.15) is 11.9 Å². The van der Waals surface area contributed by atoms with Gasteiger partial charge >= 0.3 is 0 Å². The van der Waals surface area contributed by atoms with Crippen molar-refractivity contribution in [2.24, 2.45) is 0 Å². The first-order chi connectivity index (χ1) is 16.3. The van der Waals surface area contributed by atoms with Gasteiger partial charge in [0, 0.05) is 62.0 Å². The summed E-state index contributed by atoms with van der Waals surface area (Å²) in [5, 5.41) is 2.89. The molecule has 0 saturated carbocycles. The molecule has 3 N–H and O–H groups in total. The Balaban J connectivity index is 1.27. The van der Waals surface area contributed by atoms with Gasteiger partial charge in [-0.15, -0.1) is 0 Å². The average molecular weight is 486 g/mol. The zero-order valence-electron chi connectivity index (χ0n) is 18.5. The summed E-state index contributed by atoms with van der Waals surface area (Å²) < 4.78 is 15.1. The molecule has 2 aromatic rings. The Morgan fingerprint density at radius 1 is 1.09 bits per heavy atom. The molecule has 34 heavy (non-hydrogen) atoms. The van der Waals surface area contributed by atoms with E-state index in [9.17, 15) is 14.4 Å². The number of hydrogen-bond acceptors (Lipinski definition) is 6. The number of anilines is 2. The van der Waals surface area contributed by atoms with Crippen LogP contribution in [0.25, 0.3) is 0 Å². The van der Waals surface area contributed by atoms with Gasteiger partial charge in [-0.25, -0.2) is 4.39 Å². The van der Waals surface area contributed by atoms with Crippen molar-refractivity contribution in [3.8, 4) is 0 Å². The number of piperidine rings is 1. The number of nitrogens with two attached hydrogens (primary N) is 1. The number of nitrogens with zero attached hydrogens (tertiary/aromatic N) is 3. The van der Waals surface area contributed by atoms with Crippen molar-refractivity contribution in [2.75, 3.05) is 36.8 Å². The van der Waals surface area contributed by atoms with Gasteiger partial charge in [0.25, 0.3) is 5.91 Å². The fraction of sp³-hybridized carbons (Fsp3) is 0.375. The lowest BCUT2D eigenvalue weighted by Gasteiger charge is -2.36. The highest BCUT2D eigenvalue weighted by atomic mass is 35.5. The van der Waals surface area contributed by atoms with Crippen LogP contribution in [0.2, 0.25) is 5.02 Å². The number of hydrogen-bond donors (Lipinski definition) is 2. The fourth-order valence-corrected chi connectivity index (χ4v) is 5.10. The van der Waals surface area contributed by atoms with E-state index in [1.807, 2.05) is 17.0 Å². The molecule has 0 bridgehead atoms. The van der Waals surface area contributed by atoms with E-state index in [0.717, 1.165) is 18.7 Å². The molecule has 2 aromatic carbocycles. The van der Waals surface area contributed by atoms with Crippen molar-refractivity contribution in [2.45, 2.75) is 32.0 Å². The van der Waals surface area contributed by atoms with Gasteiger partial charge in [-0.2, -0.15) is 0 Å². The number of piperazine rings is 1. The molecule has 0 aromatic heterocycles. The van der Waals surface area contributed by atoms with Crippen molar-refractivity contribution in [3.63, 3.8) is 0 Å². The molecule has 3 aliphatic heterocycles. The Morgan fingerprint density at radius 2 is 1.85 bits per heavy atom. The minimum Gasteiger partial charge on any atom is -0.398 e. The van der Waals surface area contributed by atoms with Crippen LogP contribution in [0.3, 0.4) is 0 Å². The van der Waals surface area contributed by atoms with E-state index in [-0.39, 0.29) is 36.8 Å². The van der Waals surface area contributed by atoms with Gasteiger partial charge < -0.3 is 15.5 Å². The molecule has 178 valence electrons. The number of benzene rings is 2. The number of carbonyl (C=O) groups excluding carboxylic acids is 3. The summed E-state index contributed by atoms with van der Waals surface area (Å²) >= 11 is 5.98. The monoisotopic (exact) mass is 485 g/mol. The van der Waals surface area contributed by atoms with Crippen LogP contribution < -0.4 is 16.0 Å². The summed E-state index contributed by atoms with van der Waals surface area (Å²) in [5.74, 6) is -1.64. The number of rotatable bonds is 4. The van der Waals surface area contributed by atoms with E-state index < -0.39 is 17.8 Å². The van der Waals surface area contributed by atoms with Gasteiger partial charge in [-0.05, 0) is 41.8 Å². The predicted octanol–water partition coefficient (Wildman–Crippen LogP) is 2.14. The van der Waals surface area contributed by atoms with Crippen LogP contribution in [-0.4, -0.2) is 59.7 Å². The molecule has 8 nitrogen and oxygen atoms in total. The van der Waals surface area contributed by atoms with Crippen molar-refractivity contribution in [3.05, 3.63) is 57.9 Å². The van der Waals surface area contributed by atoms with E-state index in [1.54, 1.807) is 12.1 Å². The topological polar surface area (TPSA) is 99.0 Å². The van der Waals surface area contributed by atoms with Crippen LogP contribution in [-0.2, 0) is 22.7 Å². The molecule has 0 spiro atoms. The van der Waals surface area contributed by atoms with E-state index in [2.05, 4.69) is 10.2 Å². The number of halogens is 2. The normalized spacial score (nSPS) is 21.1. The standard InChI is InChI=1S/C24H25ClFN5O3/c25-16-2-1-14(19(27)10-16)12-29-5-7-30(8-6-29)21-9-15-13-31(24(34)17(15)11-18(21)26)20-3-4-22(32)28-23(20)33/h1-2,9-11,20H,3-8,12-13,27H2,(H,28,32,33). The largest absolute Gasteiger partial charge is 0.398 e. The molecule has 0 radical (unpaired) electrons. The maximum absolute atomic E-state index is 15.1. The van der Waals surface area contributed by atoms with Crippen molar-refractivity contribution >= 4 is 40.7 Å². The summed E-state index contributed by atoms with van der Waals surface area (Å²) in [5.41, 5.74) is 9.18. The quantitative estimate of drug-likeness (QED) is 0.508. The Morgan fingerprint density at radius 3 is 2.56 bits per heavy atom. The molecule has 0 aliphatic carbocycles. The van der Waals surface area contributed by atoms with Gasteiger partial charge in [-0.3, -0.25) is 24.6 Å². The second-order valence-electron chi connectivity index (χ2n) is 8.97. The van der Waals surface area contributed by atoms with Gasteiger partial charge in [0.15, 0.2) is 0 Å². The van der Waals surface area contributed by atoms with Crippen LogP contribution in [0.5, 0.6) is 0 Å². The van der Waals surface area contributed by atoms with Gasteiger partial charge in [0.2, 0.25) is 11.8 Å². The number of amides is 3. The van der Waals surface area contributed by atoms with E-state index in [4.69, 9.17) is 17.3 Å². The SMILES string of the molecule is Nc1cc(Cl)ccc1CN1CCN(c2cc3c(cc2F)C(=O)N(C2CCC(=O)NC2=O)C3)CC1. The number of fused-ring (bicyclic) bond motifs is 1. The van der Waals surface area contributed by atoms with Crippen molar-refractivity contribution in [1.29, 1.82) is 0 Å². The number of carbonyl (C=O) groups is 3. The summed E-state index contributed by atoms with van der Waals surface area (Å²) in [7, 11) is 0. The molecule has 5 rings (SSSR count). The van der Waals surface area contributed by atoms with Crippen LogP contribution in [0.4, 0.5) is 15.8 Å². The second kappa shape index (κ2) is 8.88. The molecule has 1 unspecified atom stereocenters. The molecule has 3 heterocycles. The minimum atomic E-state index is -0.715. The summed E-state index contributed by atoms with van der Waals surface area (Å²) in [6.45, 7) is 3.66. The predicted molar refractivity (Wildman–Crippen MR) is 126 cm³/mol. The number of imide groups is 1. The third kappa shape index (κ3) is 4.21. The highest BCUT2D eigenvalue weighted by Crippen LogP contribution is 2.33. The Hall–Kier alpha value is -3.17. The first-order valence-electron chi connectivity index (χ1n) is 11.3. The molecule has 1 atom stereocenters. The average Bonchev–Trinajstić information content (AvgIpc) is 3.11. The molecule has 3 amide bonds. The molecular weight excluding hydrogens is 461 g/mol. The Bertz CT molecular complexity index is 1180. The Labute approximate surface area is 201 Å². The lowest BCUT2D eigenvalue weighted by molar-refractivity contribution is -0.136. The van der Waals surface area contributed by atoms with Gasteiger partial charge in [0.05, 0.1) is 5.69 Å². The first kappa shape index (κ1) is 22.6. The zero-order chi connectivity index (χ0) is 24.0. The number of nitrogen functional groups attached to an aromatic ring is 1. The molecule has 2 fully saturated rings. The van der Waals surface area contributed by atoms with Crippen molar-refractivity contribution < 1.29 is 18.8 Å². The third-order valence-corrected chi connectivity index (χ3v) is 7.04. The molecule has 2 saturated heterocycles. The maximum Gasteiger partial charge on any atom is 0.255 e. The third-order valence-electron chi connectivity index (χ3n) is 6.81. The van der Waals surface area contributed by atoms with Gasteiger partial charge in [-0.1, -0.05) is 17.7 Å². The first-order valence-corrected chi connectivity index (χ1v) is 11.7. The molecule has 3 aliphatic rings. The van der Waals surface area contributed by atoms with Crippen LogP contribution >= 0.6 is 11.6 Å². The molecular formula is C24H25ClFN5O3. The smallest absolute Gasteiger partial charge is 0.255 e. The highest BCUT2D eigenvalue weighted by molar-refractivity contribution is 6.30. The van der Waals surface area contributed by atoms with E-state index in [1.165, 1.54) is 11.0 Å². The lowest BCUT2D eigenvalue weighted by Crippen LogP contribution is -2.52. The summed E-state index contributed by atoms with van der Waals surface area (Å²) in [6.07, 6.45) is 0.460. The molecule has 10 heteroatoms. The van der Waals surface area contributed by atoms with Crippen molar-refractivity contribution in [1.82, 2.24) is 15.1 Å². The number of nitrogens with one attached hydrogen (secondary N) is 1. The van der Waals surface area contributed by atoms with Crippen LogP contribution in [0.15, 0.2) is 30.3 Å². The zero-order valence-corrected chi connectivity index (χ0v) is 19.3. The lowest BCUT2D eigenvalue weighted by atomic mass is 10.0. The van der Waals surface area contributed by atoms with E-state index >= 15 is 4.39 Å². The summed E-state index contributed by atoms with van der Waals surface area (Å²) in [6, 6.07) is 7.78. The highest BCUT2D eigenvalue weighted by Gasteiger charge is 2.40. The minimum absolute atomic E-state index is 0.183. The van der Waals surface area contributed by atoms with E-state index in [0.29, 0.717) is 41.6 Å². The fourth-order valence-electron chi connectivity index (χ4n) is 4.92. The maximum atomic E-state index is 15.1. The van der Waals surface area contributed by atoms with Crippen LogP contribution in [0.1, 0.15) is 34.3 Å².